The Morgan fingerprint density at radius 3 is 2.48 bits per heavy atom. The lowest BCUT2D eigenvalue weighted by Crippen LogP contribution is -2.39. The molecule has 0 aliphatic carbocycles. The van der Waals surface area contributed by atoms with E-state index in [9.17, 15) is 14.9 Å². The van der Waals surface area contributed by atoms with Crippen LogP contribution in [-0.2, 0) is 6.42 Å². The third-order valence-electron chi connectivity index (χ3n) is 4.26. The minimum atomic E-state index is -0.417. The van der Waals surface area contributed by atoms with E-state index in [1.807, 2.05) is 25.1 Å². The van der Waals surface area contributed by atoms with Gasteiger partial charge in [-0.15, -0.1) is 24.0 Å². The molecule has 0 saturated heterocycles. The smallest absolute Gasteiger partial charge is 0.269 e. The van der Waals surface area contributed by atoms with E-state index in [1.165, 1.54) is 12.1 Å². The predicted octanol–water partition coefficient (Wildman–Crippen LogP) is 2.78. The number of nitro benzene ring substituents is 1. The van der Waals surface area contributed by atoms with Crippen LogP contribution in [0.25, 0.3) is 0 Å². The van der Waals surface area contributed by atoms with Gasteiger partial charge >= 0.3 is 0 Å². The molecule has 2 aromatic carbocycles. The van der Waals surface area contributed by atoms with Crippen LogP contribution in [0.1, 0.15) is 22.8 Å². The lowest BCUT2D eigenvalue weighted by molar-refractivity contribution is -0.384. The second-order valence-electron chi connectivity index (χ2n) is 6.45. The molecule has 2 aromatic rings. The van der Waals surface area contributed by atoms with E-state index in [1.54, 1.807) is 25.2 Å². The van der Waals surface area contributed by atoms with Gasteiger partial charge in [-0.2, -0.15) is 0 Å². The van der Waals surface area contributed by atoms with Crippen LogP contribution in [0.15, 0.2) is 53.5 Å². The minimum Gasteiger partial charge on any atom is -0.383 e. The van der Waals surface area contributed by atoms with Crippen LogP contribution in [0.5, 0.6) is 0 Å². The number of carbonyl (C=O) groups excluding carboxylic acids is 1. The van der Waals surface area contributed by atoms with Crippen LogP contribution < -0.4 is 21.3 Å². The summed E-state index contributed by atoms with van der Waals surface area (Å²) in [6.45, 7) is 4.60. The monoisotopic (exact) mass is 540 g/mol. The summed E-state index contributed by atoms with van der Waals surface area (Å²) in [6.07, 6.45) is 0.725. The number of guanidine groups is 1. The summed E-state index contributed by atoms with van der Waals surface area (Å²) in [5.74, 6) is 0.612. The van der Waals surface area contributed by atoms with Gasteiger partial charge in [-0.05, 0) is 43.2 Å². The zero-order valence-electron chi connectivity index (χ0n) is 17.7. The summed E-state index contributed by atoms with van der Waals surface area (Å²) >= 11 is 0. The predicted molar refractivity (Wildman–Crippen MR) is 135 cm³/mol. The minimum absolute atomic E-state index is 0. The van der Waals surface area contributed by atoms with Crippen LogP contribution in [0.2, 0.25) is 0 Å². The number of amides is 1. The number of nitrogens with one attached hydrogen (secondary N) is 4. The molecule has 31 heavy (non-hydrogen) atoms. The average Bonchev–Trinajstić information content (AvgIpc) is 2.76. The molecule has 4 N–H and O–H groups in total. The van der Waals surface area contributed by atoms with Crippen molar-refractivity contribution in [2.24, 2.45) is 4.99 Å². The molecule has 0 aliphatic heterocycles. The fourth-order valence-electron chi connectivity index (χ4n) is 2.74. The second-order valence-corrected chi connectivity index (χ2v) is 6.45. The zero-order chi connectivity index (χ0) is 21.8. The van der Waals surface area contributed by atoms with E-state index in [0.29, 0.717) is 31.2 Å². The average molecular weight is 540 g/mol. The van der Waals surface area contributed by atoms with Gasteiger partial charge in [0.1, 0.15) is 0 Å². The number of aliphatic imine (C=N–C) groups is 1. The van der Waals surface area contributed by atoms with Crippen LogP contribution in [0.4, 0.5) is 11.4 Å². The van der Waals surface area contributed by atoms with Crippen LogP contribution >= 0.6 is 24.0 Å². The van der Waals surface area contributed by atoms with Crippen molar-refractivity contribution in [3.8, 4) is 0 Å². The van der Waals surface area contributed by atoms with Crippen molar-refractivity contribution in [1.29, 1.82) is 0 Å². The highest BCUT2D eigenvalue weighted by molar-refractivity contribution is 14.0. The fourth-order valence-corrected chi connectivity index (χ4v) is 2.74. The largest absolute Gasteiger partial charge is 0.383 e. The number of hydrogen-bond donors (Lipinski definition) is 4. The van der Waals surface area contributed by atoms with Crippen LogP contribution in [0, 0.1) is 10.1 Å². The molecule has 1 amide bonds. The lowest BCUT2D eigenvalue weighted by Gasteiger charge is -2.12. The number of non-ortho nitro benzene ring substituents is 1. The summed E-state index contributed by atoms with van der Waals surface area (Å²) in [5, 5.41) is 23.0. The molecule has 0 heterocycles. The zero-order valence-corrected chi connectivity index (χ0v) is 20.0. The normalized spacial score (nSPS) is 10.6. The first-order valence-corrected chi connectivity index (χ1v) is 9.85. The maximum Gasteiger partial charge on any atom is 0.269 e. The number of rotatable bonds is 10. The highest BCUT2D eigenvalue weighted by atomic mass is 127. The highest BCUT2D eigenvalue weighted by Crippen LogP contribution is 2.14. The van der Waals surface area contributed by atoms with Gasteiger partial charge in [0.05, 0.1) is 4.92 Å². The van der Waals surface area contributed by atoms with Crippen molar-refractivity contribution >= 4 is 47.2 Å². The van der Waals surface area contributed by atoms with Gasteiger partial charge in [0.25, 0.3) is 11.6 Å². The Morgan fingerprint density at radius 1 is 1.10 bits per heavy atom. The molecule has 2 rings (SSSR count). The first-order valence-electron chi connectivity index (χ1n) is 9.85. The van der Waals surface area contributed by atoms with E-state index in [-0.39, 0.29) is 35.6 Å². The van der Waals surface area contributed by atoms with E-state index < -0.39 is 4.92 Å². The third kappa shape index (κ3) is 9.20. The molecular formula is C21H29IN6O3. The number of hydrogen-bond acceptors (Lipinski definition) is 5. The Morgan fingerprint density at radius 2 is 1.84 bits per heavy atom. The first-order chi connectivity index (χ1) is 14.5. The van der Waals surface area contributed by atoms with Gasteiger partial charge in [0.2, 0.25) is 0 Å². The van der Waals surface area contributed by atoms with Crippen molar-refractivity contribution in [2.75, 3.05) is 38.5 Å². The fraction of sp³-hybridized carbons (Fsp3) is 0.333. The molecule has 168 valence electrons. The number of anilines is 1. The number of carbonyl (C=O) groups is 1. The van der Waals surface area contributed by atoms with Crippen molar-refractivity contribution in [2.45, 2.75) is 13.3 Å². The van der Waals surface area contributed by atoms with Crippen LogP contribution in [0.3, 0.4) is 0 Å². The van der Waals surface area contributed by atoms with Gasteiger partial charge in [-0.25, -0.2) is 0 Å². The van der Waals surface area contributed by atoms with E-state index in [2.05, 4.69) is 26.3 Å². The first kappa shape index (κ1) is 26.1. The Bertz CT molecular complexity index is 874. The number of nitro groups is 1. The maximum atomic E-state index is 11.7. The molecule has 0 aromatic heterocycles. The summed E-state index contributed by atoms with van der Waals surface area (Å²) in [5.41, 5.74) is 2.58. The summed E-state index contributed by atoms with van der Waals surface area (Å²) < 4.78 is 0. The van der Waals surface area contributed by atoms with E-state index in [4.69, 9.17) is 0 Å². The summed E-state index contributed by atoms with van der Waals surface area (Å²) in [7, 11) is 1.62. The molecule has 9 nitrogen and oxygen atoms in total. The summed E-state index contributed by atoms with van der Waals surface area (Å²) in [4.78, 5) is 26.6. The number of halogens is 1. The maximum absolute atomic E-state index is 11.7. The standard InChI is InChI=1S/C21H28N6O3.HI/c1-3-23-21(25-12-11-16-5-4-6-17(15-16)20(28)22-2)26-14-13-24-18-7-9-19(10-8-18)27(29)30;/h4-10,15,24H,3,11-14H2,1-2H3,(H,22,28)(H2,23,25,26);1H. The highest BCUT2D eigenvalue weighted by Gasteiger charge is 2.05. The Balaban J connectivity index is 0.00000480. The van der Waals surface area contributed by atoms with E-state index >= 15 is 0 Å². The molecule has 0 saturated carbocycles. The molecule has 10 heteroatoms. The van der Waals surface area contributed by atoms with Gasteiger partial charge < -0.3 is 21.3 Å². The van der Waals surface area contributed by atoms with Crippen molar-refractivity contribution in [3.05, 3.63) is 69.8 Å². The van der Waals surface area contributed by atoms with Crippen molar-refractivity contribution < 1.29 is 9.72 Å². The van der Waals surface area contributed by atoms with Crippen LogP contribution in [-0.4, -0.2) is 50.0 Å². The molecule has 0 bridgehead atoms. The molecule has 0 aliphatic rings. The van der Waals surface area contributed by atoms with Crippen molar-refractivity contribution in [1.82, 2.24) is 16.0 Å². The molecule has 0 unspecified atom stereocenters. The Hall–Kier alpha value is -2.89. The third-order valence-corrected chi connectivity index (χ3v) is 4.26. The van der Waals surface area contributed by atoms with Gasteiger partial charge in [0, 0.05) is 56.6 Å². The molecule has 0 spiro atoms. The Kier molecular flexibility index (Phi) is 12.0. The SMILES string of the molecule is CCNC(=NCCc1cccc(C(=O)NC)c1)NCCNc1ccc([N+](=O)[O-])cc1.I. The molecule has 0 fully saturated rings. The quantitative estimate of drug-likeness (QED) is 0.0919. The number of benzene rings is 2. The topological polar surface area (TPSA) is 121 Å². The second kappa shape index (κ2) is 14.2. The summed E-state index contributed by atoms with van der Waals surface area (Å²) in [6, 6.07) is 13.8. The Labute approximate surface area is 199 Å². The van der Waals surface area contributed by atoms with Gasteiger partial charge in [-0.1, -0.05) is 12.1 Å². The van der Waals surface area contributed by atoms with Gasteiger partial charge in [-0.3, -0.25) is 19.9 Å². The molecule has 0 radical (unpaired) electrons. The number of nitrogens with zero attached hydrogens (tertiary/aromatic N) is 2. The molecule has 0 atom stereocenters. The van der Waals surface area contributed by atoms with E-state index in [0.717, 1.165) is 24.2 Å². The lowest BCUT2D eigenvalue weighted by atomic mass is 10.1. The van der Waals surface area contributed by atoms with Gasteiger partial charge in [0.15, 0.2) is 5.96 Å². The molecular weight excluding hydrogens is 511 g/mol. The van der Waals surface area contributed by atoms with Crippen molar-refractivity contribution in [3.63, 3.8) is 0 Å².